The second kappa shape index (κ2) is 8.08. The van der Waals surface area contributed by atoms with Gasteiger partial charge in [-0.3, -0.25) is 0 Å². The topological polar surface area (TPSA) is 90.6 Å². The summed E-state index contributed by atoms with van der Waals surface area (Å²) >= 11 is 0. The van der Waals surface area contributed by atoms with Crippen LogP contribution in [0, 0.1) is 0 Å². The third kappa shape index (κ3) is 3.80. The van der Waals surface area contributed by atoms with Gasteiger partial charge in [-0.1, -0.05) is 23.4 Å². The van der Waals surface area contributed by atoms with Gasteiger partial charge in [0, 0.05) is 12.7 Å². The van der Waals surface area contributed by atoms with E-state index in [1.165, 1.54) is 7.11 Å². The van der Waals surface area contributed by atoms with Crippen LogP contribution in [0.15, 0.2) is 53.2 Å². The first-order valence-electron chi connectivity index (χ1n) is 9.06. The van der Waals surface area contributed by atoms with Gasteiger partial charge in [0.25, 0.3) is 5.89 Å². The number of pyridine rings is 1. The highest BCUT2D eigenvalue weighted by atomic mass is 16.5. The SMILES string of the molecule is COC(=O)[C@@H]1CCCN1c1ccc(-c2nc(COc3ccccc3)no2)cn1. The highest BCUT2D eigenvalue weighted by Gasteiger charge is 2.32. The molecule has 1 fully saturated rings. The Morgan fingerprint density at radius 3 is 2.86 bits per heavy atom. The molecule has 1 aromatic carbocycles. The Balaban J connectivity index is 1.43. The molecule has 3 aromatic rings. The van der Waals surface area contributed by atoms with Crippen molar-refractivity contribution in [1.29, 1.82) is 0 Å². The van der Waals surface area contributed by atoms with Crippen LogP contribution in [0.4, 0.5) is 5.82 Å². The van der Waals surface area contributed by atoms with E-state index < -0.39 is 0 Å². The Morgan fingerprint density at radius 1 is 1.25 bits per heavy atom. The number of anilines is 1. The van der Waals surface area contributed by atoms with Gasteiger partial charge >= 0.3 is 5.97 Å². The van der Waals surface area contributed by atoms with Crippen molar-refractivity contribution >= 4 is 11.8 Å². The van der Waals surface area contributed by atoms with E-state index in [0.29, 0.717) is 17.3 Å². The lowest BCUT2D eigenvalue weighted by molar-refractivity contribution is -0.141. The molecule has 8 nitrogen and oxygen atoms in total. The monoisotopic (exact) mass is 380 g/mol. The number of carbonyl (C=O) groups excluding carboxylic acids is 1. The van der Waals surface area contributed by atoms with Crippen LogP contribution >= 0.6 is 0 Å². The maximum Gasteiger partial charge on any atom is 0.328 e. The molecule has 0 spiro atoms. The van der Waals surface area contributed by atoms with Crippen LogP contribution in [0.1, 0.15) is 18.7 Å². The van der Waals surface area contributed by atoms with E-state index >= 15 is 0 Å². The molecule has 0 amide bonds. The van der Waals surface area contributed by atoms with Gasteiger partial charge in [-0.25, -0.2) is 9.78 Å². The number of hydrogen-bond acceptors (Lipinski definition) is 8. The Hall–Kier alpha value is -3.42. The zero-order chi connectivity index (χ0) is 19.3. The van der Waals surface area contributed by atoms with Crippen molar-refractivity contribution in [3.05, 3.63) is 54.5 Å². The number of aromatic nitrogens is 3. The molecule has 0 N–H and O–H groups in total. The molecule has 1 aliphatic rings. The number of nitrogens with zero attached hydrogens (tertiary/aromatic N) is 4. The summed E-state index contributed by atoms with van der Waals surface area (Å²) < 4.78 is 15.8. The minimum atomic E-state index is -0.284. The molecule has 0 saturated carbocycles. The van der Waals surface area contributed by atoms with Gasteiger partial charge in [0.1, 0.15) is 17.6 Å². The maximum atomic E-state index is 11.9. The third-order valence-electron chi connectivity index (χ3n) is 4.59. The van der Waals surface area contributed by atoms with Gasteiger partial charge in [-0.2, -0.15) is 4.98 Å². The van der Waals surface area contributed by atoms with Crippen molar-refractivity contribution in [3.63, 3.8) is 0 Å². The molecular formula is C20H20N4O4. The average molecular weight is 380 g/mol. The van der Waals surface area contributed by atoms with Gasteiger partial charge in [-0.15, -0.1) is 0 Å². The van der Waals surface area contributed by atoms with E-state index in [-0.39, 0.29) is 18.6 Å². The number of methoxy groups -OCH3 is 1. The smallest absolute Gasteiger partial charge is 0.328 e. The highest BCUT2D eigenvalue weighted by Crippen LogP contribution is 2.26. The van der Waals surface area contributed by atoms with Crippen molar-refractivity contribution in [2.75, 3.05) is 18.6 Å². The third-order valence-corrected chi connectivity index (χ3v) is 4.59. The van der Waals surface area contributed by atoms with Crippen molar-refractivity contribution in [2.45, 2.75) is 25.5 Å². The maximum absolute atomic E-state index is 11.9. The average Bonchev–Trinajstić information content (AvgIpc) is 3.42. The summed E-state index contributed by atoms with van der Waals surface area (Å²) in [6.45, 7) is 0.987. The van der Waals surface area contributed by atoms with Crippen LogP contribution < -0.4 is 9.64 Å². The number of benzene rings is 1. The molecule has 1 saturated heterocycles. The number of hydrogen-bond donors (Lipinski definition) is 0. The number of carbonyl (C=O) groups is 1. The van der Waals surface area contributed by atoms with Crippen LogP contribution in [0.25, 0.3) is 11.5 Å². The van der Waals surface area contributed by atoms with Crippen molar-refractivity contribution in [2.24, 2.45) is 0 Å². The lowest BCUT2D eigenvalue weighted by Crippen LogP contribution is -2.37. The predicted molar refractivity (Wildman–Crippen MR) is 101 cm³/mol. The summed E-state index contributed by atoms with van der Waals surface area (Å²) in [4.78, 5) is 22.7. The van der Waals surface area contributed by atoms with Crippen LogP contribution in [0.5, 0.6) is 5.75 Å². The van der Waals surface area contributed by atoms with Crippen LogP contribution in [-0.2, 0) is 16.1 Å². The first-order chi connectivity index (χ1) is 13.7. The van der Waals surface area contributed by atoms with E-state index in [0.717, 1.165) is 31.0 Å². The van der Waals surface area contributed by atoms with Crippen LogP contribution in [0.2, 0.25) is 0 Å². The highest BCUT2D eigenvalue weighted by molar-refractivity contribution is 5.80. The van der Waals surface area contributed by atoms with Gasteiger partial charge in [0.15, 0.2) is 6.61 Å². The Morgan fingerprint density at radius 2 is 2.11 bits per heavy atom. The molecular weight excluding hydrogens is 360 g/mol. The fourth-order valence-corrected chi connectivity index (χ4v) is 3.20. The van der Waals surface area contributed by atoms with Gasteiger partial charge in [0.05, 0.1) is 12.7 Å². The van der Waals surface area contributed by atoms with Crippen molar-refractivity contribution < 1.29 is 18.8 Å². The first kappa shape index (κ1) is 18.0. The summed E-state index contributed by atoms with van der Waals surface area (Å²) in [7, 11) is 1.41. The van der Waals surface area contributed by atoms with E-state index in [1.54, 1.807) is 6.20 Å². The Kier molecular flexibility index (Phi) is 5.18. The fraction of sp³-hybridized carbons (Fsp3) is 0.300. The second-order valence-corrected chi connectivity index (χ2v) is 6.40. The van der Waals surface area contributed by atoms with Crippen molar-refractivity contribution in [1.82, 2.24) is 15.1 Å². The molecule has 144 valence electrons. The summed E-state index contributed by atoms with van der Waals surface area (Å²) in [5.74, 6) is 2.06. The number of rotatable bonds is 6. The molecule has 0 bridgehead atoms. The molecule has 28 heavy (non-hydrogen) atoms. The van der Waals surface area contributed by atoms with E-state index in [4.69, 9.17) is 14.0 Å². The summed E-state index contributed by atoms with van der Waals surface area (Å²) in [6, 6.07) is 12.9. The number of ether oxygens (including phenoxy) is 2. The van der Waals surface area contributed by atoms with E-state index in [9.17, 15) is 4.79 Å². The van der Waals surface area contributed by atoms with E-state index in [2.05, 4.69) is 15.1 Å². The fourth-order valence-electron chi connectivity index (χ4n) is 3.20. The lowest BCUT2D eigenvalue weighted by Gasteiger charge is -2.23. The van der Waals surface area contributed by atoms with Gasteiger partial charge < -0.3 is 18.9 Å². The van der Waals surface area contributed by atoms with Gasteiger partial charge in [-0.05, 0) is 37.1 Å². The molecule has 1 aliphatic heterocycles. The largest absolute Gasteiger partial charge is 0.485 e. The molecule has 1 atom stereocenters. The molecule has 0 aliphatic carbocycles. The van der Waals surface area contributed by atoms with Crippen LogP contribution in [0.3, 0.4) is 0 Å². The predicted octanol–water partition coefficient (Wildman–Crippen LogP) is 2.85. The Bertz CT molecular complexity index is 927. The lowest BCUT2D eigenvalue weighted by atomic mass is 10.2. The molecule has 2 aromatic heterocycles. The zero-order valence-corrected chi connectivity index (χ0v) is 15.4. The standard InChI is InChI=1S/C20H20N4O4/c1-26-20(25)16-8-5-11-24(16)18-10-9-14(12-21-18)19-22-17(23-28-19)13-27-15-6-3-2-4-7-15/h2-4,6-7,9-10,12,16H,5,8,11,13H2,1H3/t16-/m0/s1. The second-order valence-electron chi connectivity index (χ2n) is 6.40. The van der Waals surface area contributed by atoms with Crippen LogP contribution in [-0.4, -0.2) is 40.8 Å². The minimum Gasteiger partial charge on any atom is -0.485 e. The normalized spacial score (nSPS) is 16.2. The first-order valence-corrected chi connectivity index (χ1v) is 9.06. The zero-order valence-electron chi connectivity index (χ0n) is 15.4. The molecule has 0 radical (unpaired) electrons. The molecule has 4 rings (SSSR count). The summed E-state index contributed by atoms with van der Waals surface area (Å²) in [5.41, 5.74) is 0.705. The number of para-hydroxylation sites is 1. The summed E-state index contributed by atoms with van der Waals surface area (Å²) in [5, 5.41) is 3.94. The molecule has 0 unspecified atom stereocenters. The van der Waals surface area contributed by atoms with Crippen molar-refractivity contribution in [3.8, 4) is 17.2 Å². The van der Waals surface area contributed by atoms with E-state index in [1.807, 2.05) is 47.4 Å². The minimum absolute atomic E-state index is 0.216. The molecule has 3 heterocycles. The molecule has 8 heteroatoms. The Labute approximate surface area is 162 Å². The summed E-state index contributed by atoms with van der Waals surface area (Å²) in [6.07, 6.45) is 3.36. The number of esters is 1. The van der Waals surface area contributed by atoms with Gasteiger partial charge in [0.2, 0.25) is 5.82 Å². The quantitative estimate of drug-likeness (QED) is 0.603.